The number of hydrogen-bond acceptors (Lipinski definition) is 8. The van der Waals surface area contributed by atoms with E-state index in [0.29, 0.717) is 18.7 Å². The third-order valence-electron chi connectivity index (χ3n) is 5.08. The topological polar surface area (TPSA) is 119 Å². The minimum atomic E-state index is -3.84. The van der Waals surface area contributed by atoms with Crippen molar-refractivity contribution in [2.75, 3.05) is 13.1 Å². The molecule has 1 unspecified atom stereocenters. The van der Waals surface area contributed by atoms with Gasteiger partial charge in [-0.3, -0.25) is 10.1 Å². The molecule has 2 heterocycles. The van der Waals surface area contributed by atoms with Crippen molar-refractivity contribution in [3.63, 3.8) is 0 Å². The van der Waals surface area contributed by atoms with Gasteiger partial charge in [-0.2, -0.15) is 4.31 Å². The van der Waals surface area contributed by atoms with E-state index in [0.717, 1.165) is 30.7 Å². The van der Waals surface area contributed by atoms with Gasteiger partial charge in [0.2, 0.25) is 15.9 Å². The molecule has 0 aliphatic carbocycles. The van der Waals surface area contributed by atoms with Crippen molar-refractivity contribution in [2.24, 2.45) is 5.92 Å². The van der Waals surface area contributed by atoms with E-state index < -0.39 is 20.8 Å². The summed E-state index contributed by atoms with van der Waals surface area (Å²) < 4.78 is 46.0. The Morgan fingerprint density at radius 1 is 1.22 bits per heavy atom. The lowest BCUT2D eigenvalue weighted by Gasteiger charge is -2.30. The number of rotatable bonds is 6. The Hall–Kier alpha value is -2.83. The zero-order chi connectivity index (χ0) is 22.9. The maximum absolute atomic E-state index is 13.1. The summed E-state index contributed by atoms with van der Waals surface area (Å²) in [5.41, 5.74) is 0.125. The van der Waals surface area contributed by atoms with E-state index in [1.54, 1.807) is 0 Å². The average molecular weight is 479 g/mol. The van der Waals surface area contributed by atoms with Crippen molar-refractivity contribution in [1.29, 1.82) is 0 Å². The second-order valence-electron chi connectivity index (χ2n) is 7.48. The molecule has 12 heteroatoms. The highest BCUT2D eigenvalue weighted by Gasteiger charge is 2.31. The minimum Gasteiger partial charge on any atom is -0.411 e. The number of hydrogen-bond donors (Lipinski definition) is 0. The number of aromatic nitrogens is 2. The van der Waals surface area contributed by atoms with Gasteiger partial charge in [0.05, 0.1) is 14.7 Å². The van der Waals surface area contributed by atoms with Gasteiger partial charge >= 0.3 is 0 Å². The zero-order valence-corrected chi connectivity index (χ0v) is 18.6. The summed E-state index contributed by atoms with van der Waals surface area (Å²) >= 11 is 0.852. The molecule has 0 spiro atoms. The van der Waals surface area contributed by atoms with Crippen LogP contribution in [0.3, 0.4) is 0 Å². The first-order chi connectivity index (χ1) is 15.2. The number of piperidine rings is 1. The summed E-state index contributed by atoms with van der Waals surface area (Å²) in [6.07, 6.45) is 1.70. The summed E-state index contributed by atoms with van der Waals surface area (Å²) in [6.45, 7) is 2.76. The van der Waals surface area contributed by atoms with Crippen molar-refractivity contribution in [2.45, 2.75) is 34.8 Å². The Balaban J connectivity index is 1.60. The van der Waals surface area contributed by atoms with Crippen LogP contribution in [0.25, 0.3) is 11.5 Å². The van der Waals surface area contributed by atoms with E-state index in [9.17, 15) is 22.9 Å². The molecular weight excluding hydrogens is 459 g/mol. The summed E-state index contributed by atoms with van der Waals surface area (Å²) in [5, 5.41) is 19.4. The van der Waals surface area contributed by atoms with E-state index in [1.807, 2.05) is 6.92 Å². The summed E-state index contributed by atoms with van der Waals surface area (Å²) in [7, 11) is -3.84. The quantitative estimate of drug-likeness (QED) is 0.379. The second kappa shape index (κ2) is 8.96. The standard InChI is InChI=1S/C20H19FN4O5S2/c1-13-3-2-10-24(12-13)32(28,29)16-8-9-18(17(11-16)25(26)27)31-20-23-22-19(30-20)14-4-6-15(21)7-5-14/h4-9,11,13H,2-3,10,12H2,1H3. The molecule has 0 radical (unpaired) electrons. The minimum absolute atomic E-state index is 0.0351. The molecular formula is C20H19FN4O5S2. The average Bonchev–Trinajstić information content (AvgIpc) is 3.22. The first-order valence-corrected chi connectivity index (χ1v) is 12.1. The summed E-state index contributed by atoms with van der Waals surface area (Å²) in [5.74, 6) is -0.0442. The Morgan fingerprint density at radius 2 is 1.97 bits per heavy atom. The van der Waals surface area contributed by atoms with E-state index in [1.165, 1.54) is 40.7 Å². The monoisotopic (exact) mass is 478 g/mol. The largest absolute Gasteiger partial charge is 0.411 e. The van der Waals surface area contributed by atoms with Gasteiger partial charge in [-0.05, 0) is 66.9 Å². The van der Waals surface area contributed by atoms with Crippen molar-refractivity contribution in [3.05, 3.63) is 58.4 Å². The van der Waals surface area contributed by atoms with Crippen LogP contribution >= 0.6 is 11.8 Å². The number of nitro benzene ring substituents is 1. The summed E-state index contributed by atoms with van der Waals surface area (Å²) in [6, 6.07) is 9.22. The van der Waals surface area contributed by atoms with Gasteiger partial charge in [0.15, 0.2) is 0 Å². The molecule has 2 aromatic carbocycles. The third kappa shape index (κ3) is 4.66. The molecule has 0 saturated carbocycles. The molecule has 1 fully saturated rings. The molecule has 1 saturated heterocycles. The predicted molar refractivity (Wildman–Crippen MR) is 114 cm³/mol. The van der Waals surface area contributed by atoms with E-state index >= 15 is 0 Å². The Labute approximate surface area is 187 Å². The van der Waals surface area contributed by atoms with Gasteiger partial charge in [0, 0.05) is 24.7 Å². The fraction of sp³-hybridized carbons (Fsp3) is 0.300. The predicted octanol–water partition coefficient (Wildman–Crippen LogP) is 4.36. The van der Waals surface area contributed by atoms with Crippen LogP contribution in [-0.4, -0.2) is 40.9 Å². The normalized spacial score (nSPS) is 17.4. The van der Waals surface area contributed by atoms with Crippen molar-refractivity contribution >= 4 is 27.5 Å². The van der Waals surface area contributed by atoms with Crippen LogP contribution in [-0.2, 0) is 10.0 Å². The summed E-state index contributed by atoms with van der Waals surface area (Å²) in [4.78, 5) is 11.1. The number of halogens is 1. The molecule has 0 N–H and O–H groups in total. The molecule has 0 amide bonds. The van der Waals surface area contributed by atoms with Gasteiger partial charge in [-0.15, -0.1) is 10.2 Å². The molecule has 1 atom stereocenters. The van der Waals surface area contributed by atoms with Gasteiger partial charge < -0.3 is 4.42 Å². The lowest BCUT2D eigenvalue weighted by molar-refractivity contribution is -0.388. The first kappa shape index (κ1) is 22.4. The van der Waals surface area contributed by atoms with Crippen molar-refractivity contribution < 1.29 is 22.1 Å². The highest BCUT2D eigenvalue weighted by atomic mass is 32.2. The highest BCUT2D eigenvalue weighted by Crippen LogP contribution is 2.37. The second-order valence-corrected chi connectivity index (χ2v) is 10.4. The van der Waals surface area contributed by atoms with E-state index in [-0.39, 0.29) is 32.5 Å². The maximum atomic E-state index is 13.1. The van der Waals surface area contributed by atoms with Crippen LogP contribution in [0.4, 0.5) is 10.1 Å². The molecule has 1 aliphatic rings. The van der Waals surface area contributed by atoms with Gasteiger partial charge in [-0.25, -0.2) is 12.8 Å². The van der Waals surface area contributed by atoms with Crippen molar-refractivity contribution in [3.8, 4) is 11.5 Å². The molecule has 9 nitrogen and oxygen atoms in total. The van der Waals surface area contributed by atoms with Crippen LogP contribution in [0, 0.1) is 21.8 Å². The molecule has 4 rings (SSSR count). The zero-order valence-electron chi connectivity index (χ0n) is 17.0. The Bertz CT molecular complexity index is 1250. The van der Waals surface area contributed by atoms with Gasteiger partial charge in [-0.1, -0.05) is 6.92 Å². The fourth-order valence-electron chi connectivity index (χ4n) is 3.45. The van der Waals surface area contributed by atoms with Crippen LogP contribution in [0.5, 0.6) is 0 Å². The third-order valence-corrected chi connectivity index (χ3v) is 7.85. The van der Waals surface area contributed by atoms with Crippen LogP contribution in [0.15, 0.2) is 61.9 Å². The van der Waals surface area contributed by atoms with Crippen LogP contribution < -0.4 is 0 Å². The molecule has 32 heavy (non-hydrogen) atoms. The SMILES string of the molecule is CC1CCCN(S(=O)(=O)c2ccc(Sc3nnc(-c4ccc(F)cc4)o3)c([N+](=O)[O-])c2)C1. The van der Waals surface area contributed by atoms with Gasteiger partial charge in [0.1, 0.15) is 5.82 Å². The Kier molecular flexibility index (Phi) is 6.26. The molecule has 168 valence electrons. The Morgan fingerprint density at radius 3 is 2.66 bits per heavy atom. The number of nitro groups is 1. The van der Waals surface area contributed by atoms with E-state index in [4.69, 9.17) is 4.42 Å². The smallest absolute Gasteiger partial charge is 0.284 e. The lowest BCUT2D eigenvalue weighted by atomic mass is 10.0. The van der Waals surface area contributed by atoms with Crippen LogP contribution in [0.1, 0.15) is 19.8 Å². The molecule has 1 aliphatic heterocycles. The van der Waals surface area contributed by atoms with Crippen LogP contribution in [0.2, 0.25) is 0 Å². The molecule has 1 aromatic heterocycles. The lowest BCUT2D eigenvalue weighted by Crippen LogP contribution is -2.39. The van der Waals surface area contributed by atoms with E-state index in [2.05, 4.69) is 10.2 Å². The molecule has 3 aromatic rings. The fourth-order valence-corrected chi connectivity index (χ4v) is 5.84. The number of nitrogens with zero attached hydrogens (tertiary/aromatic N) is 4. The highest BCUT2D eigenvalue weighted by molar-refractivity contribution is 7.99. The maximum Gasteiger partial charge on any atom is 0.284 e. The number of sulfonamides is 1. The first-order valence-electron chi connectivity index (χ1n) is 9.80. The van der Waals surface area contributed by atoms with Crippen molar-refractivity contribution in [1.82, 2.24) is 14.5 Å². The molecule has 0 bridgehead atoms. The van der Waals surface area contributed by atoms with Gasteiger partial charge in [0.25, 0.3) is 10.9 Å². The number of benzene rings is 2.